The number of pyridine rings is 1. The van der Waals surface area contributed by atoms with Crippen LogP contribution in [0.1, 0.15) is 27.3 Å². The maximum absolute atomic E-state index is 12.2. The minimum Gasteiger partial charge on any atom is -0.348 e. The van der Waals surface area contributed by atoms with Gasteiger partial charge in [-0.15, -0.1) is 0 Å². The Morgan fingerprint density at radius 3 is 2.50 bits per heavy atom. The number of aryl methyl sites for hydroxylation is 2. The molecule has 1 aromatic carbocycles. The molecule has 0 aliphatic heterocycles. The van der Waals surface area contributed by atoms with Gasteiger partial charge in [0.2, 0.25) is 0 Å². The van der Waals surface area contributed by atoms with E-state index in [1.807, 2.05) is 32.0 Å². The first kappa shape index (κ1) is 16.2. The highest BCUT2D eigenvalue weighted by atomic mass is 35.5. The van der Waals surface area contributed by atoms with Crippen LogP contribution in [0.15, 0.2) is 48.7 Å². The van der Waals surface area contributed by atoms with Crippen LogP contribution in [0.5, 0.6) is 0 Å². The van der Waals surface area contributed by atoms with Gasteiger partial charge in [-0.25, -0.2) is 9.67 Å². The van der Waals surface area contributed by atoms with Crippen molar-refractivity contribution in [2.45, 2.75) is 20.4 Å². The normalized spacial score (nSPS) is 10.6. The van der Waals surface area contributed by atoms with Gasteiger partial charge in [-0.05, 0) is 49.7 Å². The molecule has 1 amide bonds. The van der Waals surface area contributed by atoms with Gasteiger partial charge in [0.1, 0.15) is 0 Å². The zero-order valence-electron chi connectivity index (χ0n) is 13.5. The van der Waals surface area contributed by atoms with Crippen LogP contribution >= 0.6 is 11.6 Å². The van der Waals surface area contributed by atoms with Crippen LogP contribution in [-0.4, -0.2) is 20.7 Å². The van der Waals surface area contributed by atoms with E-state index in [0.717, 1.165) is 17.0 Å². The number of carbonyl (C=O) groups excluding carboxylic acids is 1. The Kier molecular flexibility index (Phi) is 4.62. The Labute approximate surface area is 145 Å². The van der Waals surface area contributed by atoms with Crippen molar-refractivity contribution in [3.05, 3.63) is 76.2 Å². The van der Waals surface area contributed by atoms with Gasteiger partial charge < -0.3 is 5.32 Å². The summed E-state index contributed by atoms with van der Waals surface area (Å²) in [6.45, 7) is 4.34. The van der Waals surface area contributed by atoms with E-state index >= 15 is 0 Å². The highest BCUT2D eigenvalue weighted by Gasteiger charge is 2.09. The second-order valence-corrected chi connectivity index (χ2v) is 5.99. The smallest absolute Gasteiger partial charge is 0.253 e. The lowest BCUT2D eigenvalue weighted by Gasteiger charge is -2.07. The van der Waals surface area contributed by atoms with Crippen LogP contribution in [0.4, 0.5) is 0 Å². The van der Waals surface area contributed by atoms with E-state index in [9.17, 15) is 4.79 Å². The maximum atomic E-state index is 12.2. The SMILES string of the molecule is Cc1cc(C)n(-c2ccc(C(=O)NCc3ccc(Cl)cc3)cn2)n1. The van der Waals surface area contributed by atoms with Crippen molar-refractivity contribution < 1.29 is 4.79 Å². The average Bonchev–Trinajstić information content (AvgIpc) is 2.92. The van der Waals surface area contributed by atoms with Crippen molar-refractivity contribution >= 4 is 17.5 Å². The Morgan fingerprint density at radius 2 is 1.92 bits per heavy atom. The third kappa shape index (κ3) is 3.63. The van der Waals surface area contributed by atoms with Gasteiger partial charge in [0.05, 0.1) is 11.3 Å². The molecule has 0 aliphatic carbocycles. The summed E-state index contributed by atoms with van der Waals surface area (Å²) < 4.78 is 1.75. The lowest BCUT2D eigenvalue weighted by Crippen LogP contribution is -2.23. The number of halogens is 1. The first-order chi connectivity index (χ1) is 11.5. The fourth-order valence-corrected chi connectivity index (χ4v) is 2.52. The number of amides is 1. The average molecular weight is 341 g/mol. The van der Waals surface area contributed by atoms with Crippen molar-refractivity contribution in [1.82, 2.24) is 20.1 Å². The van der Waals surface area contributed by atoms with Crippen molar-refractivity contribution in [1.29, 1.82) is 0 Å². The van der Waals surface area contributed by atoms with Crippen LogP contribution in [0.25, 0.3) is 5.82 Å². The van der Waals surface area contributed by atoms with E-state index in [0.29, 0.717) is 22.9 Å². The number of nitrogens with one attached hydrogen (secondary N) is 1. The van der Waals surface area contributed by atoms with Gasteiger partial charge >= 0.3 is 0 Å². The molecule has 0 saturated carbocycles. The molecule has 0 spiro atoms. The zero-order valence-corrected chi connectivity index (χ0v) is 14.2. The summed E-state index contributed by atoms with van der Waals surface area (Å²) in [5.41, 5.74) is 3.42. The van der Waals surface area contributed by atoms with E-state index in [-0.39, 0.29) is 5.91 Å². The molecule has 5 nitrogen and oxygen atoms in total. The van der Waals surface area contributed by atoms with Crippen molar-refractivity contribution in [3.8, 4) is 5.82 Å². The number of hydrogen-bond donors (Lipinski definition) is 1. The molecule has 0 radical (unpaired) electrons. The lowest BCUT2D eigenvalue weighted by molar-refractivity contribution is 0.0950. The standard InChI is InChI=1S/C18H17ClN4O/c1-12-9-13(2)23(22-12)17-8-5-15(11-20-17)18(24)21-10-14-3-6-16(19)7-4-14/h3-9,11H,10H2,1-2H3,(H,21,24). The molecule has 0 bridgehead atoms. The van der Waals surface area contributed by atoms with Gasteiger partial charge in [0, 0.05) is 23.5 Å². The van der Waals surface area contributed by atoms with Crippen LogP contribution in [0, 0.1) is 13.8 Å². The highest BCUT2D eigenvalue weighted by molar-refractivity contribution is 6.30. The summed E-state index contributed by atoms with van der Waals surface area (Å²) in [7, 11) is 0. The zero-order chi connectivity index (χ0) is 17.1. The Bertz CT molecular complexity index is 854. The van der Waals surface area contributed by atoms with E-state index in [2.05, 4.69) is 15.4 Å². The summed E-state index contributed by atoms with van der Waals surface area (Å²) >= 11 is 5.85. The summed E-state index contributed by atoms with van der Waals surface area (Å²) in [5, 5.41) is 7.92. The molecule has 0 saturated heterocycles. The minimum absolute atomic E-state index is 0.169. The molecule has 0 unspecified atom stereocenters. The van der Waals surface area contributed by atoms with Gasteiger partial charge in [0.15, 0.2) is 5.82 Å². The van der Waals surface area contributed by atoms with E-state index < -0.39 is 0 Å². The Hall–Kier alpha value is -2.66. The van der Waals surface area contributed by atoms with Gasteiger partial charge in [0.25, 0.3) is 5.91 Å². The topological polar surface area (TPSA) is 59.8 Å². The number of nitrogens with zero attached hydrogens (tertiary/aromatic N) is 3. The van der Waals surface area contributed by atoms with Crippen molar-refractivity contribution in [3.63, 3.8) is 0 Å². The number of benzene rings is 1. The molecule has 3 rings (SSSR count). The molecular formula is C18H17ClN4O. The summed E-state index contributed by atoms with van der Waals surface area (Å²) in [4.78, 5) is 16.5. The largest absolute Gasteiger partial charge is 0.348 e. The molecule has 1 N–H and O–H groups in total. The third-order valence-corrected chi connectivity index (χ3v) is 3.85. The molecule has 0 fully saturated rings. The first-order valence-electron chi connectivity index (χ1n) is 7.55. The second kappa shape index (κ2) is 6.84. The van der Waals surface area contributed by atoms with Gasteiger partial charge in [-0.1, -0.05) is 23.7 Å². The van der Waals surface area contributed by atoms with E-state index in [1.54, 1.807) is 35.1 Å². The lowest BCUT2D eigenvalue weighted by atomic mass is 10.2. The number of rotatable bonds is 4. The molecule has 24 heavy (non-hydrogen) atoms. The molecular weight excluding hydrogens is 324 g/mol. The minimum atomic E-state index is -0.169. The molecule has 122 valence electrons. The molecule has 2 aromatic heterocycles. The van der Waals surface area contributed by atoms with Crippen LogP contribution < -0.4 is 5.32 Å². The fraction of sp³-hybridized carbons (Fsp3) is 0.167. The van der Waals surface area contributed by atoms with Crippen molar-refractivity contribution in [2.75, 3.05) is 0 Å². The summed E-state index contributed by atoms with van der Waals surface area (Å²) in [6, 6.07) is 12.9. The Morgan fingerprint density at radius 1 is 1.17 bits per heavy atom. The quantitative estimate of drug-likeness (QED) is 0.791. The molecule has 2 heterocycles. The van der Waals surface area contributed by atoms with Crippen LogP contribution in [0.3, 0.4) is 0 Å². The van der Waals surface area contributed by atoms with Crippen molar-refractivity contribution in [2.24, 2.45) is 0 Å². The third-order valence-electron chi connectivity index (χ3n) is 3.60. The highest BCUT2D eigenvalue weighted by Crippen LogP contribution is 2.11. The van der Waals surface area contributed by atoms with Gasteiger partial charge in [-0.2, -0.15) is 5.10 Å². The number of hydrogen-bond acceptors (Lipinski definition) is 3. The van der Waals surface area contributed by atoms with E-state index in [4.69, 9.17) is 11.6 Å². The maximum Gasteiger partial charge on any atom is 0.253 e. The fourth-order valence-electron chi connectivity index (χ4n) is 2.39. The summed E-state index contributed by atoms with van der Waals surface area (Å²) in [6.07, 6.45) is 1.56. The molecule has 3 aromatic rings. The monoisotopic (exact) mass is 340 g/mol. The van der Waals surface area contributed by atoms with Crippen LogP contribution in [0.2, 0.25) is 5.02 Å². The first-order valence-corrected chi connectivity index (χ1v) is 7.93. The summed E-state index contributed by atoms with van der Waals surface area (Å²) in [5.74, 6) is 0.521. The predicted octanol–water partition coefficient (Wildman–Crippen LogP) is 3.47. The second-order valence-electron chi connectivity index (χ2n) is 5.55. The van der Waals surface area contributed by atoms with E-state index in [1.165, 1.54) is 0 Å². The number of carbonyl (C=O) groups is 1. The molecule has 0 atom stereocenters. The number of aromatic nitrogens is 3. The molecule has 6 heteroatoms. The van der Waals surface area contributed by atoms with Gasteiger partial charge in [-0.3, -0.25) is 4.79 Å². The predicted molar refractivity (Wildman–Crippen MR) is 93.5 cm³/mol. The molecule has 0 aliphatic rings. The van der Waals surface area contributed by atoms with Crippen LogP contribution in [-0.2, 0) is 6.54 Å². The Balaban J connectivity index is 1.67.